The molecular formula is C23H26N2O6. The number of carbonyl (C=O) groups excluding carboxylic acids is 2. The Morgan fingerprint density at radius 1 is 1.03 bits per heavy atom. The van der Waals surface area contributed by atoms with Crippen molar-refractivity contribution in [2.75, 3.05) is 41.4 Å². The van der Waals surface area contributed by atoms with E-state index in [4.69, 9.17) is 9.47 Å². The van der Waals surface area contributed by atoms with Gasteiger partial charge in [-0.25, -0.2) is 0 Å². The van der Waals surface area contributed by atoms with Crippen LogP contribution in [0.3, 0.4) is 0 Å². The van der Waals surface area contributed by atoms with Crippen molar-refractivity contribution in [3.05, 3.63) is 59.2 Å². The second-order valence-corrected chi connectivity index (χ2v) is 7.45. The fourth-order valence-corrected chi connectivity index (χ4v) is 3.53. The maximum Gasteiger partial charge on any atom is 0.295 e. The number of amides is 1. The fourth-order valence-electron chi connectivity index (χ4n) is 3.53. The molecule has 164 valence electrons. The molecule has 2 aromatic rings. The van der Waals surface area contributed by atoms with Crippen molar-refractivity contribution in [2.45, 2.75) is 6.04 Å². The molecule has 8 nitrogen and oxygen atoms in total. The summed E-state index contributed by atoms with van der Waals surface area (Å²) in [4.78, 5) is 29.2. The zero-order chi connectivity index (χ0) is 22.7. The van der Waals surface area contributed by atoms with Gasteiger partial charge in [0.2, 0.25) is 0 Å². The number of ether oxygens (including phenoxy) is 2. The Morgan fingerprint density at radius 3 is 2.19 bits per heavy atom. The summed E-state index contributed by atoms with van der Waals surface area (Å²) in [5.41, 5.74) is 0.618. The topological polar surface area (TPSA) is 99.5 Å². The third kappa shape index (κ3) is 4.34. The molecule has 1 saturated heterocycles. The molecule has 2 N–H and O–H groups in total. The summed E-state index contributed by atoms with van der Waals surface area (Å²) in [6.07, 6.45) is 0. The van der Waals surface area contributed by atoms with E-state index in [9.17, 15) is 19.8 Å². The van der Waals surface area contributed by atoms with E-state index in [2.05, 4.69) is 0 Å². The second kappa shape index (κ2) is 9.09. The van der Waals surface area contributed by atoms with Crippen LogP contribution in [0.1, 0.15) is 17.2 Å². The maximum atomic E-state index is 13.0. The van der Waals surface area contributed by atoms with Crippen LogP contribution in [0, 0.1) is 0 Å². The number of methoxy groups -OCH3 is 2. The summed E-state index contributed by atoms with van der Waals surface area (Å²) in [6, 6.07) is 10.5. The summed E-state index contributed by atoms with van der Waals surface area (Å²) in [7, 11) is 6.74. The van der Waals surface area contributed by atoms with Crippen molar-refractivity contribution < 1.29 is 29.3 Å². The van der Waals surface area contributed by atoms with Crippen LogP contribution in [0.5, 0.6) is 17.2 Å². The first-order valence-electron chi connectivity index (χ1n) is 9.73. The van der Waals surface area contributed by atoms with Crippen molar-refractivity contribution in [3.63, 3.8) is 0 Å². The Kier molecular flexibility index (Phi) is 6.50. The van der Waals surface area contributed by atoms with Crippen molar-refractivity contribution in [2.24, 2.45) is 0 Å². The van der Waals surface area contributed by atoms with E-state index in [-0.39, 0.29) is 16.9 Å². The molecule has 1 atom stereocenters. The van der Waals surface area contributed by atoms with Gasteiger partial charge in [-0.3, -0.25) is 9.59 Å². The van der Waals surface area contributed by atoms with E-state index < -0.39 is 23.5 Å². The highest BCUT2D eigenvalue weighted by Gasteiger charge is 2.46. The fraction of sp³-hybridized carbons (Fsp3) is 0.304. The Balaban J connectivity index is 2.15. The van der Waals surface area contributed by atoms with Gasteiger partial charge in [-0.15, -0.1) is 0 Å². The summed E-state index contributed by atoms with van der Waals surface area (Å²) >= 11 is 0. The Labute approximate surface area is 180 Å². The van der Waals surface area contributed by atoms with Gasteiger partial charge in [-0.2, -0.15) is 0 Å². The molecule has 1 heterocycles. The average Bonchev–Trinajstić information content (AvgIpc) is 3.01. The minimum Gasteiger partial charge on any atom is -0.507 e. The predicted octanol–water partition coefficient (Wildman–Crippen LogP) is 2.39. The number of aromatic hydroxyl groups is 1. The first-order valence-corrected chi connectivity index (χ1v) is 9.73. The second-order valence-electron chi connectivity index (χ2n) is 7.45. The number of benzene rings is 2. The number of carbonyl (C=O) groups is 2. The van der Waals surface area contributed by atoms with Crippen molar-refractivity contribution in [1.29, 1.82) is 0 Å². The highest BCUT2D eigenvalue weighted by atomic mass is 16.5. The molecule has 0 bridgehead atoms. The standard InChI is InChI=1S/C23H26N2O6/c1-24(2)11-12-25-20(14-5-7-15(30-3)8-6-14)19(22(28)23(25)29)21(27)17-10-9-16(31-4)13-18(17)26/h5-10,13,20,26-27H,11-12H2,1-4H3. The van der Waals surface area contributed by atoms with Gasteiger partial charge in [0.15, 0.2) is 0 Å². The number of Topliss-reactive ketones (excluding diaryl/α,β-unsaturated/α-hetero) is 1. The van der Waals surface area contributed by atoms with Crippen LogP contribution in [-0.4, -0.2) is 73.1 Å². The van der Waals surface area contributed by atoms with E-state index in [1.165, 1.54) is 24.1 Å². The van der Waals surface area contributed by atoms with Crippen LogP contribution < -0.4 is 9.47 Å². The van der Waals surface area contributed by atoms with Gasteiger partial charge in [-0.05, 0) is 43.9 Å². The number of aliphatic hydroxyl groups excluding tert-OH is 1. The molecule has 31 heavy (non-hydrogen) atoms. The van der Waals surface area contributed by atoms with Crippen LogP contribution >= 0.6 is 0 Å². The summed E-state index contributed by atoms with van der Waals surface area (Å²) in [5, 5.41) is 21.4. The van der Waals surface area contributed by atoms with Crippen LogP contribution in [0.4, 0.5) is 0 Å². The SMILES string of the molecule is COc1ccc(C2C(=C(O)c3ccc(OC)cc3O)C(=O)C(=O)N2CCN(C)C)cc1. The summed E-state index contributed by atoms with van der Waals surface area (Å²) in [5.74, 6) is -1.17. The zero-order valence-corrected chi connectivity index (χ0v) is 18.0. The van der Waals surface area contributed by atoms with Crippen molar-refractivity contribution in [1.82, 2.24) is 9.80 Å². The van der Waals surface area contributed by atoms with Crippen molar-refractivity contribution >= 4 is 17.4 Å². The molecule has 3 rings (SSSR count). The number of ketones is 1. The van der Waals surface area contributed by atoms with E-state index in [1.807, 2.05) is 19.0 Å². The van der Waals surface area contributed by atoms with Crippen LogP contribution in [0.2, 0.25) is 0 Å². The Hall–Kier alpha value is -3.52. The number of likely N-dealkylation sites (N-methyl/N-ethyl adjacent to an activating group) is 1. The maximum absolute atomic E-state index is 13.0. The summed E-state index contributed by atoms with van der Waals surface area (Å²) < 4.78 is 10.3. The smallest absolute Gasteiger partial charge is 0.295 e. The zero-order valence-electron chi connectivity index (χ0n) is 18.0. The largest absolute Gasteiger partial charge is 0.507 e. The molecule has 1 aliphatic rings. The summed E-state index contributed by atoms with van der Waals surface area (Å²) in [6.45, 7) is 0.827. The third-order valence-electron chi connectivity index (χ3n) is 5.22. The highest BCUT2D eigenvalue weighted by Crippen LogP contribution is 2.41. The minimum absolute atomic E-state index is 0.0462. The van der Waals surface area contributed by atoms with Crippen LogP contribution in [-0.2, 0) is 9.59 Å². The van der Waals surface area contributed by atoms with Crippen LogP contribution in [0.25, 0.3) is 5.76 Å². The molecule has 8 heteroatoms. The number of likely N-dealkylation sites (tertiary alicyclic amines) is 1. The number of phenolic OH excluding ortho intramolecular Hbond substituents is 1. The van der Waals surface area contributed by atoms with Gasteiger partial charge in [-0.1, -0.05) is 12.1 Å². The van der Waals surface area contributed by atoms with Gasteiger partial charge in [0.05, 0.1) is 31.4 Å². The van der Waals surface area contributed by atoms with Gasteiger partial charge in [0.1, 0.15) is 23.0 Å². The number of nitrogens with zero attached hydrogens (tertiary/aromatic N) is 2. The highest BCUT2D eigenvalue weighted by molar-refractivity contribution is 6.46. The first kappa shape index (κ1) is 22.2. The molecule has 1 fully saturated rings. The molecule has 1 amide bonds. The van der Waals surface area contributed by atoms with E-state index in [1.54, 1.807) is 37.4 Å². The number of hydrogen-bond donors (Lipinski definition) is 2. The van der Waals surface area contributed by atoms with E-state index in [0.717, 1.165) is 0 Å². The molecule has 1 unspecified atom stereocenters. The molecule has 0 saturated carbocycles. The molecule has 1 aliphatic heterocycles. The monoisotopic (exact) mass is 426 g/mol. The normalized spacial score (nSPS) is 18.0. The van der Waals surface area contributed by atoms with E-state index >= 15 is 0 Å². The molecule has 0 aliphatic carbocycles. The van der Waals surface area contributed by atoms with Gasteiger partial charge >= 0.3 is 0 Å². The minimum atomic E-state index is -0.799. The first-order chi connectivity index (χ1) is 14.8. The number of aliphatic hydroxyl groups is 1. The van der Waals surface area contributed by atoms with Gasteiger partial charge in [0, 0.05) is 19.2 Å². The molecule has 0 radical (unpaired) electrons. The molecule has 2 aromatic carbocycles. The Morgan fingerprint density at radius 2 is 1.65 bits per heavy atom. The quantitative estimate of drug-likeness (QED) is 0.398. The lowest BCUT2D eigenvalue weighted by atomic mass is 9.95. The lowest BCUT2D eigenvalue weighted by Crippen LogP contribution is -2.35. The lowest BCUT2D eigenvalue weighted by Gasteiger charge is -2.26. The Bertz CT molecular complexity index is 1010. The van der Waals surface area contributed by atoms with Gasteiger partial charge < -0.3 is 29.5 Å². The van der Waals surface area contributed by atoms with Gasteiger partial charge in [0.25, 0.3) is 11.7 Å². The van der Waals surface area contributed by atoms with Crippen LogP contribution in [0.15, 0.2) is 48.0 Å². The van der Waals surface area contributed by atoms with Crippen molar-refractivity contribution in [3.8, 4) is 17.2 Å². The predicted molar refractivity (Wildman–Crippen MR) is 115 cm³/mol. The third-order valence-corrected chi connectivity index (χ3v) is 5.22. The number of rotatable bonds is 7. The lowest BCUT2D eigenvalue weighted by molar-refractivity contribution is -0.140. The number of hydrogen-bond acceptors (Lipinski definition) is 7. The molecular weight excluding hydrogens is 400 g/mol. The van der Waals surface area contributed by atoms with E-state index in [0.29, 0.717) is 30.2 Å². The average molecular weight is 426 g/mol. The number of phenols is 1. The molecule has 0 aromatic heterocycles. The molecule has 0 spiro atoms.